The van der Waals surface area contributed by atoms with Crippen LogP contribution in [0.2, 0.25) is 0 Å². The second kappa shape index (κ2) is 6.46. The van der Waals surface area contributed by atoms with E-state index in [1.54, 1.807) is 0 Å². The molecule has 0 bridgehead atoms. The minimum Gasteiger partial charge on any atom is -0.319 e. The predicted molar refractivity (Wildman–Crippen MR) is 84.0 cm³/mol. The van der Waals surface area contributed by atoms with Crippen molar-refractivity contribution in [3.8, 4) is 0 Å². The first-order chi connectivity index (χ1) is 9.36. The van der Waals surface area contributed by atoms with Crippen molar-refractivity contribution in [3.05, 3.63) is 23.3 Å². The maximum Gasteiger partial charge on any atom is 0.142 e. The topological polar surface area (TPSA) is 37.8 Å². The van der Waals surface area contributed by atoms with Crippen molar-refractivity contribution >= 4 is 23.5 Å². The molecular formula is C14H21N3S2. The van der Waals surface area contributed by atoms with Crippen LogP contribution in [0.25, 0.3) is 0 Å². The molecule has 2 unspecified atom stereocenters. The summed E-state index contributed by atoms with van der Waals surface area (Å²) in [5, 5.41) is 3.80. The number of aryl methyl sites for hydroxylation is 1. The summed E-state index contributed by atoms with van der Waals surface area (Å²) in [5.74, 6) is 5.51. The molecule has 1 aliphatic heterocycles. The van der Waals surface area contributed by atoms with E-state index < -0.39 is 0 Å². The molecule has 2 atom stereocenters. The van der Waals surface area contributed by atoms with Gasteiger partial charge in [-0.15, -0.1) is 11.8 Å². The van der Waals surface area contributed by atoms with Gasteiger partial charge in [0.1, 0.15) is 5.82 Å². The molecule has 1 N–H and O–H groups in total. The van der Waals surface area contributed by atoms with Gasteiger partial charge in [-0.3, -0.25) is 0 Å². The Morgan fingerprint density at radius 3 is 3.16 bits per heavy atom. The highest BCUT2D eigenvalue weighted by Crippen LogP contribution is 2.35. The molecule has 1 saturated heterocycles. The van der Waals surface area contributed by atoms with Gasteiger partial charge < -0.3 is 5.32 Å². The molecule has 0 aromatic carbocycles. The van der Waals surface area contributed by atoms with Crippen LogP contribution in [0.4, 0.5) is 0 Å². The molecule has 1 aromatic heterocycles. The van der Waals surface area contributed by atoms with Crippen molar-refractivity contribution in [2.24, 2.45) is 5.92 Å². The third kappa shape index (κ3) is 3.26. The van der Waals surface area contributed by atoms with Crippen LogP contribution in [0.5, 0.6) is 0 Å². The molecule has 0 spiro atoms. The summed E-state index contributed by atoms with van der Waals surface area (Å²) in [6.07, 6.45) is 5.63. The van der Waals surface area contributed by atoms with E-state index in [0.717, 1.165) is 31.1 Å². The van der Waals surface area contributed by atoms with Gasteiger partial charge in [-0.05, 0) is 44.3 Å². The zero-order valence-electron chi connectivity index (χ0n) is 11.4. The molecule has 0 saturated carbocycles. The van der Waals surface area contributed by atoms with E-state index in [-0.39, 0.29) is 0 Å². The first-order valence-electron chi connectivity index (χ1n) is 7.05. The zero-order chi connectivity index (χ0) is 13.1. The molecule has 3 nitrogen and oxygen atoms in total. The number of aromatic nitrogens is 2. The van der Waals surface area contributed by atoms with Gasteiger partial charge in [0.25, 0.3) is 0 Å². The van der Waals surface area contributed by atoms with E-state index in [2.05, 4.69) is 16.5 Å². The van der Waals surface area contributed by atoms with Crippen molar-refractivity contribution in [2.75, 3.05) is 30.9 Å². The van der Waals surface area contributed by atoms with Gasteiger partial charge in [0.2, 0.25) is 0 Å². The first kappa shape index (κ1) is 13.7. The van der Waals surface area contributed by atoms with E-state index in [1.165, 1.54) is 34.9 Å². The van der Waals surface area contributed by atoms with E-state index >= 15 is 0 Å². The fourth-order valence-corrected chi connectivity index (χ4v) is 5.46. The summed E-state index contributed by atoms with van der Waals surface area (Å²) < 4.78 is 0. The third-order valence-electron chi connectivity index (χ3n) is 3.87. The van der Waals surface area contributed by atoms with Crippen LogP contribution in [-0.4, -0.2) is 40.8 Å². The maximum absolute atomic E-state index is 4.87. The van der Waals surface area contributed by atoms with Crippen LogP contribution in [0, 0.1) is 5.92 Å². The summed E-state index contributed by atoms with van der Waals surface area (Å²) in [5.41, 5.74) is 2.69. The molecule has 5 heteroatoms. The summed E-state index contributed by atoms with van der Waals surface area (Å²) >= 11 is 4.05. The molecule has 1 aromatic rings. The Bertz CT molecular complexity index is 433. The normalized spacial score (nSPS) is 27.0. The molecule has 0 amide bonds. The van der Waals surface area contributed by atoms with E-state index in [1.807, 2.05) is 30.6 Å². The van der Waals surface area contributed by atoms with E-state index in [0.29, 0.717) is 5.25 Å². The largest absolute Gasteiger partial charge is 0.319 e. The van der Waals surface area contributed by atoms with Gasteiger partial charge in [0, 0.05) is 29.1 Å². The van der Waals surface area contributed by atoms with Crippen LogP contribution < -0.4 is 5.32 Å². The number of hydrogen-bond acceptors (Lipinski definition) is 5. The Balaban J connectivity index is 1.73. The Hall–Kier alpha value is -0.260. The average Bonchev–Trinajstić information content (AvgIpc) is 2.48. The van der Waals surface area contributed by atoms with Gasteiger partial charge >= 0.3 is 0 Å². The Morgan fingerprint density at radius 1 is 1.42 bits per heavy atom. The van der Waals surface area contributed by atoms with E-state index in [4.69, 9.17) is 4.98 Å². The second-order valence-electron chi connectivity index (χ2n) is 5.30. The van der Waals surface area contributed by atoms with Crippen molar-refractivity contribution in [3.63, 3.8) is 0 Å². The second-order valence-corrected chi connectivity index (χ2v) is 7.76. The first-order valence-corrected chi connectivity index (χ1v) is 9.26. The van der Waals surface area contributed by atoms with Gasteiger partial charge in [-0.1, -0.05) is 0 Å². The molecule has 1 aliphatic carbocycles. The number of fused-ring (bicyclic) bond motifs is 1. The number of nitrogens with zero attached hydrogens (tertiary/aromatic N) is 2. The fourth-order valence-electron chi connectivity index (χ4n) is 2.85. The van der Waals surface area contributed by atoms with Crippen molar-refractivity contribution in [1.82, 2.24) is 15.3 Å². The summed E-state index contributed by atoms with van der Waals surface area (Å²) in [6.45, 7) is 1.11. The van der Waals surface area contributed by atoms with Crippen LogP contribution in [-0.2, 0) is 12.8 Å². The Labute approximate surface area is 123 Å². The molecule has 0 radical (unpaired) electrons. The highest BCUT2D eigenvalue weighted by molar-refractivity contribution is 8.06. The molecule has 3 rings (SSSR count). The van der Waals surface area contributed by atoms with E-state index in [9.17, 15) is 0 Å². The van der Waals surface area contributed by atoms with Crippen molar-refractivity contribution in [1.29, 1.82) is 0 Å². The smallest absolute Gasteiger partial charge is 0.142 e. The molecule has 104 valence electrons. The molecule has 2 aliphatic rings. The highest BCUT2D eigenvalue weighted by atomic mass is 32.2. The lowest BCUT2D eigenvalue weighted by molar-refractivity contribution is 0.433. The fraction of sp³-hybridized carbons (Fsp3) is 0.714. The average molecular weight is 295 g/mol. The van der Waals surface area contributed by atoms with Crippen LogP contribution >= 0.6 is 23.5 Å². The monoisotopic (exact) mass is 295 g/mol. The quantitative estimate of drug-likeness (QED) is 0.926. The van der Waals surface area contributed by atoms with Crippen LogP contribution in [0.1, 0.15) is 28.8 Å². The lowest BCUT2D eigenvalue weighted by Gasteiger charge is -2.25. The third-order valence-corrected chi connectivity index (χ3v) is 6.62. The van der Waals surface area contributed by atoms with Crippen LogP contribution in [0.3, 0.4) is 0 Å². The van der Waals surface area contributed by atoms with Gasteiger partial charge in [0.15, 0.2) is 0 Å². The van der Waals surface area contributed by atoms with Gasteiger partial charge in [0.05, 0.1) is 5.25 Å². The van der Waals surface area contributed by atoms with Crippen LogP contribution in [0.15, 0.2) is 6.20 Å². The number of thioether (sulfide) groups is 2. The predicted octanol–water partition coefficient (Wildman–Crippen LogP) is 2.32. The molecule has 1 fully saturated rings. The van der Waals surface area contributed by atoms with Crippen molar-refractivity contribution in [2.45, 2.75) is 24.5 Å². The number of nitrogens with one attached hydrogen (secondary N) is 1. The van der Waals surface area contributed by atoms with Gasteiger partial charge in [-0.2, -0.15) is 11.8 Å². The Morgan fingerprint density at radius 2 is 2.37 bits per heavy atom. The summed E-state index contributed by atoms with van der Waals surface area (Å²) in [4.78, 5) is 9.51. The molecule has 19 heavy (non-hydrogen) atoms. The minimum absolute atomic E-state index is 0.513. The standard InChI is InChI=1S/C14H21N3S2/c1-15-7-10-2-3-12-11(6-10)8-16-14(17-12)13-9-18-4-5-19-13/h8,10,13,15H,2-7,9H2,1H3. The zero-order valence-corrected chi connectivity index (χ0v) is 13.0. The highest BCUT2D eigenvalue weighted by Gasteiger charge is 2.23. The lowest BCUT2D eigenvalue weighted by Crippen LogP contribution is -2.26. The lowest BCUT2D eigenvalue weighted by atomic mass is 9.87. The molecule has 2 heterocycles. The Kier molecular flexibility index (Phi) is 4.66. The summed E-state index contributed by atoms with van der Waals surface area (Å²) in [6, 6.07) is 0. The maximum atomic E-state index is 4.87. The van der Waals surface area contributed by atoms with Gasteiger partial charge in [-0.25, -0.2) is 9.97 Å². The number of hydrogen-bond donors (Lipinski definition) is 1. The SMILES string of the molecule is CNCC1CCc2nc(C3CSCCS3)ncc2C1. The summed E-state index contributed by atoms with van der Waals surface area (Å²) in [7, 11) is 2.03. The molecular weight excluding hydrogens is 274 g/mol. The number of rotatable bonds is 3. The minimum atomic E-state index is 0.513. The van der Waals surface area contributed by atoms with Crippen molar-refractivity contribution < 1.29 is 0 Å².